The number of hydrogen-bond acceptors (Lipinski definition) is 4. The maximum atomic E-state index is 12.9. The summed E-state index contributed by atoms with van der Waals surface area (Å²) >= 11 is 0. The summed E-state index contributed by atoms with van der Waals surface area (Å²) in [5, 5.41) is 0. The van der Waals surface area contributed by atoms with Crippen LogP contribution >= 0.6 is 0 Å². The van der Waals surface area contributed by atoms with Crippen molar-refractivity contribution in [2.24, 2.45) is 0 Å². The van der Waals surface area contributed by atoms with E-state index in [9.17, 15) is 9.59 Å². The van der Waals surface area contributed by atoms with E-state index in [1.54, 1.807) is 24.3 Å². The fourth-order valence-corrected chi connectivity index (χ4v) is 3.29. The summed E-state index contributed by atoms with van der Waals surface area (Å²) in [6.45, 7) is 5.86. The Morgan fingerprint density at radius 3 is 2.35 bits per heavy atom. The normalized spacial score (nSPS) is 17.2. The molecule has 0 aliphatic carbocycles. The molecule has 5 heteroatoms. The molecule has 0 saturated carbocycles. The SMILES string of the molecule is CCOc1ccc(N2C(=O)C[C@@H](N(CC)Cc3ccccc3)C2=O)cc1. The van der Waals surface area contributed by atoms with E-state index in [0.29, 0.717) is 25.4 Å². The molecule has 1 aliphatic heterocycles. The Labute approximate surface area is 154 Å². The van der Waals surface area contributed by atoms with Crippen LogP contribution in [-0.4, -0.2) is 35.9 Å². The molecule has 26 heavy (non-hydrogen) atoms. The zero-order chi connectivity index (χ0) is 18.5. The van der Waals surface area contributed by atoms with Crippen LogP contribution in [0.25, 0.3) is 0 Å². The van der Waals surface area contributed by atoms with E-state index in [1.165, 1.54) is 4.90 Å². The van der Waals surface area contributed by atoms with Gasteiger partial charge in [-0.1, -0.05) is 37.3 Å². The first-order chi connectivity index (χ1) is 12.6. The molecule has 0 radical (unpaired) electrons. The van der Waals surface area contributed by atoms with Gasteiger partial charge in [0.05, 0.1) is 24.8 Å². The molecule has 5 nitrogen and oxygen atoms in total. The van der Waals surface area contributed by atoms with Crippen LogP contribution in [0.2, 0.25) is 0 Å². The number of imide groups is 1. The fraction of sp³-hybridized carbons (Fsp3) is 0.333. The Morgan fingerprint density at radius 1 is 1.04 bits per heavy atom. The summed E-state index contributed by atoms with van der Waals surface area (Å²) < 4.78 is 5.42. The molecule has 2 aromatic rings. The lowest BCUT2D eigenvalue weighted by atomic mass is 10.1. The fourth-order valence-electron chi connectivity index (χ4n) is 3.29. The molecule has 0 bridgehead atoms. The van der Waals surface area contributed by atoms with Crippen LogP contribution in [0.1, 0.15) is 25.8 Å². The number of likely N-dealkylation sites (N-methyl/N-ethyl adjacent to an activating group) is 1. The maximum absolute atomic E-state index is 12.9. The van der Waals surface area contributed by atoms with Gasteiger partial charge in [0.1, 0.15) is 5.75 Å². The summed E-state index contributed by atoms with van der Waals surface area (Å²) in [5.74, 6) is 0.416. The molecule has 0 aromatic heterocycles. The van der Waals surface area contributed by atoms with Crippen LogP contribution < -0.4 is 9.64 Å². The summed E-state index contributed by atoms with van der Waals surface area (Å²) in [6.07, 6.45) is 0.215. The first-order valence-electron chi connectivity index (χ1n) is 9.01. The van der Waals surface area contributed by atoms with Crippen molar-refractivity contribution in [2.75, 3.05) is 18.1 Å². The standard InChI is InChI=1S/C21H24N2O3/c1-3-22(15-16-8-6-5-7-9-16)19-14-20(24)23(21(19)25)17-10-12-18(13-11-17)26-4-2/h5-13,19H,3-4,14-15H2,1-2H3/t19-/m1/s1. The van der Waals surface area contributed by atoms with Gasteiger partial charge in [0.25, 0.3) is 5.91 Å². The van der Waals surface area contributed by atoms with Gasteiger partial charge < -0.3 is 4.74 Å². The van der Waals surface area contributed by atoms with Crippen molar-refractivity contribution in [3.05, 3.63) is 60.2 Å². The average molecular weight is 352 g/mol. The van der Waals surface area contributed by atoms with E-state index in [0.717, 1.165) is 11.3 Å². The van der Waals surface area contributed by atoms with E-state index in [-0.39, 0.29) is 18.2 Å². The van der Waals surface area contributed by atoms with Gasteiger partial charge >= 0.3 is 0 Å². The van der Waals surface area contributed by atoms with Crippen molar-refractivity contribution in [1.29, 1.82) is 0 Å². The molecule has 0 spiro atoms. The van der Waals surface area contributed by atoms with Crippen LogP contribution in [0.15, 0.2) is 54.6 Å². The molecule has 1 fully saturated rings. The smallest absolute Gasteiger partial charge is 0.251 e. The lowest BCUT2D eigenvalue weighted by molar-refractivity contribution is -0.123. The third kappa shape index (κ3) is 3.78. The van der Waals surface area contributed by atoms with Crippen molar-refractivity contribution in [1.82, 2.24) is 4.90 Å². The minimum absolute atomic E-state index is 0.156. The molecule has 1 heterocycles. The highest BCUT2D eigenvalue weighted by molar-refractivity contribution is 6.22. The maximum Gasteiger partial charge on any atom is 0.251 e. The zero-order valence-electron chi connectivity index (χ0n) is 15.2. The number of hydrogen-bond donors (Lipinski definition) is 0. The van der Waals surface area contributed by atoms with E-state index < -0.39 is 6.04 Å². The Kier molecular flexibility index (Phi) is 5.68. The molecule has 136 valence electrons. The number of nitrogens with zero attached hydrogens (tertiary/aromatic N) is 2. The van der Waals surface area contributed by atoms with E-state index in [4.69, 9.17) is 4.74 Å². The van der Waals surface area contributed by atoms with Crippen molar-refractivity contribution in [3.63, 3.8) is 0 Å². The topological polar surface area (TPSA) is 49.9 Å². The highest BCUT2D eigenvalue weighted by Crippen LogP contribution is 2.28. The second kappa shape index (κ2) is 8.15. The monoisotopic (exact) mass is 352 g/mol. The average Bonchev–Trinajstić information content (AvgIpc) is 2.96. The Bertz CT molecular complexity index is 759. The van der Waals surface area contributed by atoms with Gasteiger partial charge in [-0.3, -0.25) is 14.5 Å². The Morgan fingerprint density at radius 2 is 1.73 bits per heavy atom. The molecule has 1 aliphatic rings. The lowest BCUT2D eigenvalue weighted by Crippen LogP contribution is -2.41. The zero-order valence-corrected chi connectivity index (χ0v) is 15.2. The molecule has 2 amide bonds. The van der Waals surface area contributed by atoms with Crippen LogP contribution in [0.3, 0.4) is 0 Å². The van der Waals surface area contributed by atoms with Crippen LogP contribution in [0, 0.1) is 0 Å². The number of carbonyl (C=O) groups excluding carboxylic acids is 2. The third-order valence-electron chi connectivity index (χ3n) is 4.60. The van der Waals surface area contributed by atoms with Gasteiger partial charge in [0.15, 0.2) is 0 Å². The number of rotatable bonds is 7. The number of amides is 2. The molecular weight excluding hydrogens is 328 g/mol. The Hall–Kier alpha value is -2.66. The molecule has 1 saturated heterocycles. The second-order valence-electron chi connectivity index (χ2n) is 6.26. The first kappa shape index (κ1) is 18.1. The lowest BCUT2D eigenvalue weighted by Gasteiger charge is -2.26. The number of ether oxygens (including phenoxy) is 1. The quantitative estimate of drug-likeness (QED) is 0.718. The molecule has 0 unspecified atom stereocenters. The van der Waals surface area contributed by atoms with Crippen molar-refractivity contribution >= 4 is 17.5 Å². The van der Waals surface area contributed by atoms with E-state index in [1.807, 2.05) is 44.2 Å². The van der Waals surface area contributed by atoms with Gasteiger partial charge in [-0.2, -0.15) is 0 Å². The highest BCUT2D eigenvalue weighted by Gasteiger charge is 2.42. The van der Waals surface area contributed by atoms with Crippen molar-refractivity contribution in [3.8, 4) is 5.75 Å². The van der Waals surface area contributed by atoms with Crippen LogP contribution in [0.4, 0.5) is 5.69 Å². The minimum Gasteiger partial charge on any atom is -0.494 e. The highest BCUT2D eigenvalue weighted by atomic mass is 16.5. The number of benzene rings is 2. The van der Waals surface area contributed by atoms with E-state index >= 15 is 0 Å². The predicted molar refractivity (Wildman–Crippen MR) is 101 cm³/mol. The van der Waals surface area contributed by atoms with Gasteiger partial charge in [-0.15, -0.1) is 0 Å². The molecule has 2 aromatic carbocycles. The second-order valence-corrected chi connectivity index (χ2v) is 6.26. The van der Waals surface area contributed by atoms with Gasteiger partial charge in [0, 0.05) is 6.54 Å². The summed E-state index contributed by atoms with van der Waals surface area (Å²) in [5.41, 5.74) is 1.73. The van der Waals surface area contributed by atoms with Gasteiger partial charge in [0.2, 0.25) is 5.91 Å². The molecular formula is C21H24N2O3. The molecule has 0 N–H and O–H groups in total. The molecule has 3 rings (SSSR count). The number of anilines is 1. The van der Waals surface area contributed by atoms with E-state index in [2.05, 4.69) is 4.90 Å². The van der Waals surface area contributed by atoms with Crippen LogP contribution in [-0.2, 0) is 16.1 Å². The largest absolute Gasteiger partial charge is 0.494 e. The van der Waals surface area contributed by atoms with Crippen LogP contribution in [0.5, 0.6) is 5.75 Å². The van der Waals surface area contributed by atoms with Crippen molar-refractivity contribution < 1.29 is 14.3 Å². The summed E-state index contributed by atoms with van der Waals surface area (Å²) in [4.78, 5) is 28.8. The summed E-state index contributed by atoms with van der Waals surface area (Å²) in [7, 11) is 0. The molecule has 1 atom stereocenters. The summed E-state index contributed by atoms with van der Waals surface area (Å²) in [6, 6.07) is 16.7. The van der Waals surface area contributed by atoms with Crippen molar-refractivity contribution in [2.45, 2.75) is 32.9 Å². The van der Waals surface area contributed by atoms with Gasteiger partial charge in [-0.05, 0) is 43.3 Å². The first-order valence-corrected chi connectivity index (χ1v) is 9.01. The Balaban J connectivity index is 1.76. The third-order valence-corrected chi connectivity index (χ3v) is 4.60. The van der Waals surface area contributed by atoms with Gasteiger partial charge in [-0.25, -0.2) is 4.90 Å². The predicted octanol–water partition coefficient (Wildman–Crippen LogP) is 3.24. The number of carbonyl (C=O) groups is 2. The minimum atomic E-state index is -0.417.